The van der Waals surface area contributed by atoms with E-state index in [-0.39, 0.29) is 12.4 Å². The van der Waals surface area contributed by atoms with Gasteiger partial charge in [-0.25, -0.2) is 14.2 Å². The van der Waals surface area contributed by atoms with Gasteiger partial charge in [0.05, 0.1) is 12.2 Å². The van der Waals surface area contributed by atoms with Crippen molar-refractivity contribution in [2.75, 3.05) is 31.3 Å². The van der Waals surface area contributed by atoms with Gasteiger partial charge in [0, 0.05) is 37.6 Å². The summed E-state index contributed by atoms with van der Waals surface area (Å²) >= 11 is 1.24. The van der Waals surface area contributed by atoms with E-state index in [9.17, 15) is 17.6 Å². The molecule has 2 heterocycles. The number of carbonyl (C=O) groups is 1. The fourth-order valence-corrected chi connectivity index (χ4v) is 4.62. The van der Waals surface area contributed by atoms with Gasteiger partial charge in [0.15, 0.2) is 5.13 Å². The molecule has 0 saturated carbocycles. The number of amides is 2. The van der Waals surface area contributed by atoms with Gasteiger partial charge in [-0.1, -0.05) is 11.3 Å². The van der Waals surface area contributed by atoms with Crippen LogP contribution in [0.2, 0.25) is 0 Å². The van der Waals surface area contributed by atoms with Gasteiger partial charge in [0.25, 0.3) is 10.2 Å². The van der Waals surface area contributed by atoms with Crippen molar-refractivity contribution in [1.82, 2.24) is 13.6 Å². The Morgan fingerprint density at radius 1 is 1.27 bits per heavy atom. The van der Waals surface area contributed by atoms with Gasteiger partial charge in [-0.05, 0) is 24.3 Å². The van der Waals surface area contributed by atoms with Crippen LogP contribution in [-0.4, -0.2) is 48.7 Å². The third-order valence-corrected chi connectivity index (χ3v) is 6.69. The quantitative estimate of drug-likeness (QED) is 0.823. The summed E-state index contributed by atoms with van der Waals surface area (Å²) in [6, 6.07) is 4.90. The summed E-state index contributed by atoms with van der Waals surface area (Å²) in [5, 5.41) is 5.59. The molecule has 2 N–H and O–H groups in total. The van der Waals surface area contributed by atoms with E-state index in [0.717, 1.165) is 10.6 Å². The molecule has 140 valence electrons. The van der Waals surface area contributed by atoms with Crippen LogP contribution in [0.15, 0.2) is 24.3 Å². The zero-order valence-electron chi connectivity index (χ0n) is 14.2. The minimum absolute atomic E-state index is 0.231. The standard InChI is InChI=1S/C15H18FN5O3S2/c1-20(2)26(23,24)21-8-7-12-13(9-21)25-15(18-12)19-14(22)17-11-5-3-10(16)4-6-11/h3-6H,7-9H2,1-2H3,(H2,17,18,19,22). The Morgan fingerprint density at radius 3 is 2.62 bits per heavy atom. The summed E-state index contributed by atoms with van der Waals surface area (Å²) in [4.78, 5) is 17.2. The summed E-state index contributed by atoms with van der Waals surface area (Å²) in [6.45, 7) is 0.577. The lowest BCUT2D eigenvalue weighted by atomic mass is 10.2. The number of thiazole rings is 1. The molecule has 0 aliphatic carbocycles. The lowest BCUT2D eigenvalue weighted by Gasteiger charge is -2.27. The van der Waals surface area contributed by atoms with E-state index in [1.54, 1.807) is 0 Å². The number of nitrogens with zero attached hydrogens (tertiary/aromatic N) is 3. The van der Waals surface area contributed by atoms with Crippen LogP contribution >= 0.6 is 11.3 Å². The minimum atomic E-state index is -3.49. The number of hydrogen-bond acceptors (Lipinski definition) is 5. The Kier molecular flexibility index (Phi) is 5.23. The maximum atomic E-state index is 12.9. The van der Waals surface area contributed by atoms with Gasteiger partial charge in [-0.3, -0.25) is 5.32 Å². The van der Waals surface area contributed by atoms with Crippen molar-refractivity contribution in [2.45, 2.75) is 13.0 Å². The second-order valence-electron chi connectivity index (χ2n) is 5.85. The van der Waals surface area contributed by atoms with Gasteiger partial charge < -0.3 is 5.32 Å². The first-order chi connectivity index (χ1) is 12.3. The molecule has 0 unspecified atom stereocenters. The zero-order chi connectivity index (χ0) is 18.9. The third kappa shape index (κ3) is 4.01. The molecule has 0 radical (unpaired) electrons. The molecule has 11 heteroatoms. The Balaban J connectivity index is 1.66. The predicted molar refractivity (Wildman–Crippen MR) is 97.9 cm³/mol. The Bertz CT molecular complexity index is 912. The number of anilines is 2. The summed E-state index contributed by atoms with van der Waals surface area (Å²) in [6.07, 6.45) is 0.486. The van der Waals surface area contributed by atoms with Crippen LogP contribution in [0.4, 0.5) is 20.0 Å². The Labute approximate surface area is 154 Å². The second-order valence-corrected chi connectivity index (χ2v) is 9.07. The lowest BCUT2D eigenvalue weighted by Crippen LogP contribution is -2.42. The van der Waals surface area contributed by atoms with Crippen LogP contribution in [-0.2, 0) is 23.2 Å². The summed E-state index contributed by atoms with van der Waals surface area (Å²) in [7, 11) is -0.505. The number of fused-ring (bicyclic) bond motifs is 1. The molecule has 1 aromatic carbocycles. The smallest absolute Gasteiger partial charge is 0.308 e. The second kappa shape index (κ2) is 7.27. The Hall–Kier alpha value is -2.08. The molecular formula is C15H18FN5O3S2. The van der Waals surface area contributed by atoms with E-state index in [2.05, 4.69) is 15.6 Å². The SMILES string of the molecule is CN(C)S(=O)(=O)N1CCc2nc(NC(=O)Nc3ccc(F)cc3)sc2C1. The van der Waals surface area contributed by atoms with Crippen molar-refractivity contribution in [2.24, 2.45) is 0 Å². The maximum absolute atomic E-state index is 12.9. The number of rotatable bonds is 4. The molecule has 3 rings (SSSR count). The topological polar surface area (TPSA) is 94.6 Å². The highest BCUT2D eigenvalue weighted by atomic mass is 32.2. The van der Waals surface area contributed by atoms with Gasteiger partial charge in [-0.15, -0.1) is 0 Å². The van der Waals surface area contributed by atoms with Crippen molar-refractivity contribution < 1.29 is 17.6 Å². The fourth-order valence-electron chi connectivity index (χ4n) is 2.45. The van der Waals surface area contributed by atoms with Crippen LogP contribution in [0, 0.1) is 5.82 Å². The average molecular weight is 399 g/mol. The van der Waals surface area contributed by atoms with Crippen molar-refractivity contribution in [3.05, 3.63) is 40.7 Å². The van der Waals surface area contributed by atoms with Gasteiger partial charge in [0.1, 0.15) is 5.82 Å². The van der Waals surface area contributed by atoms with Crippen LogP contribution < -0.4 is 10.6 Å². The van der Waals surface area contributed by atoms with E-state index in [1.807, 2.05) is 0 Å². The molecule has 1 aliphatic rings. The third-order valence-electron chi connectivity index (χ3n) is 3.81. The fraction of sp³-hybridized carbons (Fsp3) is 0.333. The average Bonchev–Trinajstić information content (AvgIpc) is 2.97. The first-order valence-electron chi connectivity index (χ1n) is 7.75. The molecule has 0 fully saturated rings. The first kappa shape index (κ1) is 18.7. The summed E-state index contributed by atoms with van der Waals surface area (Å²) in [5.74, 6) is -0.388. The molecule has 1 aliphatic heterocycles. The van der Waals surface area contributed by atoms with Gasteiger partial charge >= 0.3 is 6.03 Å². The van der Waals surface area contributed by atoms with E-state index < -0.39 is 16.2 Å². The normalized spacial score (nSPS) is 14.9. The van der Waals surface area contributed by atoms with Crippen molar-refractivity contribution >= 4 is 38.4 Å². The highest BCUT2D eigenvalue weighted by Gasteiger charge is 2.30. The van der Waals surface area contributed by atoms with Crippen LogP contribution in [0.5, 0.6) is 0 Å². The summed E-state index contributed by atoms with van der Waals surface area (Å²) in [5.41, 5.74) is 1.24. The number of nitrogens with one attached hydrogen (secondary N) is 2. The maximum Gasteiger partial charge on any atom is 0.325 e. The number of aromatic nitrogens is 1. The largest absolute Gasteiger partial charge is 0.325 e. The molecule has 8 nitrogen and oxygen atoms in total. The highest BCUT2D eigenvalue weighted by Crippen LogP contribution is 2.29. The molecule has 0 bridgehead atoms. The van der Waals surface area contributed by atoms with Gasteiger partial charge in [0.2, 0.25) is 0 Å². The zero-order valence-corrected chi connectivity index (χ0v) is 15.8. The van der Waals surface area contributed by atoms with Crippen molar-refractivity contribution in [3.63, 3.8) is 0 Å². The summed E-state index contributed by atoms with van der Waals surface area (Å²) < 4.78 is 39.9. The highest BCUT2D eigenvalue weighted by molar-refractivity contribution is 7.86. The van der Waals surface area contributed by atoms with Crippen LogP contribution in [0.3, 0.4) is 0 Å². The number of urea groups is 1. The van der Waals surface area contributed by atoms with E-state index >= 15 is 0 Å². The number of carbonyl (C=O) groups excluding carboxylic acids is 1. The van der Waals surface area contributed by atoms with Gasteiger partial charge in [-0.2, -0.15) is 17.0 Å². The van der Waals surface area contributed by atoms with Crippen LogP contribution in [0.25, 0.3) is 0 Å². The monoisotopic (exact) mass is 399 g/mol. The molecule has 26 heavy (non-hydrogen) atoms. The van der Waals surface area contributed by atoms with Crippen LogP contribution in [0.1, 0.15) is 10.6 Å². The molecule has 2 aromatic rings. The van der Waals surface area contributed by atoms with Crippen molar-refractivity contribution in [1.29, 1.82) is 0 Å². The molecule has 0 atom stereocenters. The molecule has 0 spiro atoms. The van der Waals surface area contributed by atoms with E-state index in [1.165, 1.54) is 58.3 Å². The lowest BCUT2D eigenvalue weighted by molar-refractivity contribution is 0.262. The van der Waals surface area contributed by atoms with E-state index in [4.69, 9.17) is 0 Å². The first-order valence-corrected chi connectivity index (χ1v) is 9.97. The molecule has 2 amide bonds. The molecule has 1 aromatic heterocycles. The molecule has 0 saturated heterocycles. The number of benzene rings is 1. The number of halogens is 1. The predicted octanol–water partition coefficient (Wildman–Crippen LogP) is 2.09. The minimum Gasteiger partial charge on any atom is -0.308 e. The van der Waals surface area contributed by atoms with E-state index in [0.29, 0.717) is 23.8 Å². The molecular weight excluding hydrogens is 381 g/mol. The van der Waals surface area contributed by atoms with Crippen molar-refractivity contribution in [3.8, 4) is 0 Å². The Morgan fingerprint density at radius 2 is 1.96 bits per heavy atom. The number of hydrogen-bond donors (Lipinski definition) is 2.